The average molecular weight is 527 g/mol. The Morgan fingerprint density at radius 3 is 2.63 bits per heavy atom. The SMILES string of the molecule is CCOc1ccc(C2C(C(=O)C=Cc3ccccc3)=C(O)C(=O)N2c2nc3ccc(C)cc3s2)cc1OC. The molecule has 0 radical (unpaired) electrons. The number of carbonyl (C=O) groups excluding carboxylic acids is 2. The van der Waals surface area contributed by atoms with Gasteiger partial charge in [-0.3, -0.25) is 14.5 Å². The summed E-state index contributed by atoms with van der Waals surface area (Å²) in [6, 6.07) is 19.5. The first-order chi connectivity index (χ1) is 18.4. The second-order valence-corrected chi connectivity index (χ2v) is 9.77. The number of aliphatic hydroxyl groups is 1. The predicted octanol–water partition coefficient (Wildman–Crippen LogP) is 6.19. The largest absolute Gasteiger partial charge is 0.503 e. The van der Waals surface area contributed by atoms with E-state index in [9.17, 15) is 14.7 Å². The number of ketones is 1. The molecular formula is C30H26N2O5S. The number of benzene rings is 3. The number of amides is 1. The Kier molecular flexibility index (Phi) is 6.98. The fraction of sp³-hybridized carbons (Fsp3) is 0.167. The van der Waals surface area contributed by atoms with E-state index in [1.807, 2.05) is 62.4 Å². The maximum atomic E-state index is 13.5. The molecule has 0 saturated carbocycles. The summed E-state index contributed by atoms with van der Waals surface area (Å²) in [5, 5.41) is 11.4. The zero-order valence-electron chi connectivity index (χ0n) is 21.2. The monoisotopic (exact) mass is 526 g/mol. The molecule has 5 rings (SSSR count). The summed E-state index contributed by atoms with van der Waals surface area (Å²) in [6.45, 7) is 4.30. The van der Waals surface area contributed by atoms with Crippen molar-refractivity contribution >= 4 is 44.5 Å². The van der Waals surface area contributed by atoms with E-state index in [1.165, 1.54) is 29.4 Å². The molecule has 0 bridgehead atoms. The van der Waals surface area contributed by atoms with E-state index in [1.54, 1.807) is 24.3 Å². The number of aromatic nitrogens is 1. The molecule has 4 aromatic rings. The minimum Gasteiger partial charge on any atom is -0.503 e. The van der Waals surface area contributed by atoms with E-state index in [0.29, 0.717) is 28.8 Å². The Morgan fingerprint density at radius 1 is 1.11 bits per heavy atom. The molecule has 1 amide bonds. The molecule has 8 heteroatoms. The van der Waals surface area contributed by atoms with Crippen LogP contribution < -0.4 is 14.4 Å². The fourth-order valence-corrected chi connectivity index (χ4v) is 5.54. The van der Waals surface area contributed by atoms with Crippen LogP contribution in [0.1, 0.15) is 29.7 Å². The maximum Gasteiger partial charge on any atom is 0.296 e. The quantitative estimate of drug-likeness (QED) is 0.275. The molecule has 1 aliphatic heterocycles. The summed E-state index contributed by atoms with van der Waals surface area (Å²) in [6.07, 6.45) is 3.03. The van der Waals surface area contributed by atoms with E-state index in [4.69, 9.17) is 9.47 Å². The van der Waals surface area contributed by atoms with Crippen LogP contribution in [0.3, 0.4) is 0 Å². The third-order valence-corrected chi connectivity index (χ3v) is 7.26. The van der Waals surface area contributed by atoms with Gasteiger partial charge in [-0.2, -0.15) is 0 Å². The number of hydrogen-bond donors (Lipinski definition) is 1. The van der Waals surface area contributed by atoms with Gasteiger partial charge in [0.05, 0.1) is 35.5 Å². The number of aliphatic hydroxyl groups excluding tert-OH is 1. The lowest BCUT2D eigenvalue weighted by molar-refractivity contribution is -0.117. The number of aryl methyl sites for hydroxylation is 1. The zero-order valence-corrected chi connectivity index (χ0v) is 22.0. The second kappa shape index (κ2) is 10.5. The number of nitrogens with zero attached hydrogens (tertiary/aromatic N) is 2. The zero-order chi connectivity index (χ0) is 26.8. The van der Waals surface area contributed by atoms with Crippen LogP contribution in [0.2, 0.25) is 0 Å². The van der Waals surface area contributed by atoms with Crippen molar-refractivity contribution in [3.8, 4) is 11.5 Å². The van der Waals surface area contributed by atoms with Crippen LogP contribution in [0.4, 0.5) is 5.13 Å². The van der Waals surface area contributed by atoms with Crippen LogP contribution in [-0.2, 0) is 9.59 Å². The summed E-state index contributed by atoms with van der Waals surface area (Å²) in [4.78, 5) is 33.1. The summed E-state index contributed by atoms with van der Waals surface area (Å²) in [5.41, 5.74) is 3.17. The molecule has 0 spiro atoms. The topological polar surface area (TPSA) is 89.0 Å². The van der Waals surface area contributed by atoms with Crippen molar-refractivity contribution < 1.29 is 24.2 Å². The minimum absolute atomic E-state index is 0.0242. The van der Waals surface area contributed by atoms with Crippen LogP contribution in [0, 0.1) is 6.92 Å². The molecule has 0 saturated heterocycles. The first-order valence-corrected chi connectivity index (χ1v) is 12.9. The Labute approximate surface area is 224 Å². The lowest BCUT2D eigenvalue weighted by Gasteiger charge is -2.25. The number of thiazole rings is 1. The van der Waals surface area contributed by atoms with Crippen LogP contribution in [0.25, 0.3) is 16.3 Å². The van der Waals surface area contributed by atoms with Gasteiger partial charge in [0.2, 0.25) is 0 Å². The Bertz CT molecular complexity index is 1590. The van der Waals surface area contributed by atoms with Gasteiger partial charge in [0, 0.05) is 0 Å². The van der Waals surface area contributed by atoms with Gasteiger partial charge in [0.1, 0.15) is 0 Å². The lowest BCUT2D eigenvalue weighted by atomic mass is 9.95. The van der Waals surface area contributed by atoms with Crippen LogP contribution >= 0.6 is 11.3 Å². The molecule has 1 atom stereocenters. The summed E-state index contributed by atoms with van der Waals surface area (Å²) in [5.74, 6) is -0.766. The average Bonchev–Trinajstić information content (AvgIpc) is 3.45. The number of ether oxygens (including phenoxy) is 2. The normalized spacial score (nSPS) is 15.6. The Balaban J connectivity index is 1.63. The lowest BCUT2D eigenvalue weighted by Crippen LogP contribution is -2.30. The highest BCUT2D eigenvalue weighted by Gasteiger charge is 2.45. The summed E-state index contributed by atoms with van der Waals surface area (Å²) < 4.78 is 12.1. The molecule has 1 unspecified atom stereocenters. The standard InChI is InChI=1S/C30H26N2O5S/c1-4-37-23-15-12-20(17-24(23)36-3)27-26(22(33)14-11-19-8-6-5-7-9-19)28(34)29(35)32(27)30-31-21-13-10-18(2)16-25(21)38-30/h5-17,27,34H,4H2,1-3H3. The molecule has 0 aliphatic carbocycles. The van der Waals surface area contributed by atoms with Crippen LogP contribution in [-0.4, -0.2) is 35.5 Å². The number of fused-ring (bicyclic) bond motifs is 1. The maximum absolute atomic E-state index is 13.5. The van der Waals surface area contributed by atoms with Gasteiger partial charge < -0.3 is 14.6 Å². The number of allylic oxidation sites excluding steroid dienone is 1. The number of anilines is 1. The number of carbonyl (C=O) groups is 2. The predicted molar refractivity (Wildman–Crippen MR) is 149 cm³/mol. The smallest absolute Gasteiger partial charge is 0.296 e. The van der Waals surface area contributed by atoms with Gasteiger partial charge in [-0.25, -0.2) is 4.98 Å². The van der Waals surface area contributed by atoms with Crippen molar-refractivity contribution in [2.24, 2.45) is 0 Å². The van der Waals surface area contributed by atoms with Crippen molar-refractivity contribution in [2.45, 2.75) is 19.9 Å². The molecule has 192 valence electrons. The van der Waals surface area contributed by atoms with E-state index in [-0.39, 0.29) is 5.57 Å². The van der Waals surface area contributed by atoms with Crippen molar-refractivity contribution in [1.82, 2.24) is 4.98 Å². The van der Waals surface area contributed by atoms with Crippen molar-refractivity contribution in [3.05, 3.63) is 101 Å². The van der Waals surface area contributed by atoms with Crippen LogP contribution in [0.15, 0.2) is 84.1 Å². The van der Waals surface area contributed by atoms with Crippen molar-refractivity contribution in [1.29, 1.82) is 0 Å². The molecule has 2 heterocycles. The van der Waals surface area contributed by atoms with Crippen molar-refractivity contribution in [3.63, 3.8) is 0 Å². The molecule has 3 aromatic carbocycles. The van der Waals surface area contributed by atoms with E-state index in [0.717, 1.165) is 21.3 Å². The molecule has 1 aliphatic rings. The highest BCUT2D eigenvalue weighted by Crippen LogP contribution is 2.45. The van der Waals surface area contributed by atoms with Gasteiger partial charge >= 0.3 is 0 Å². The van der Waals surface area contributed by atoms with Crippen molar-refractivity contribution in [2.75, 3.05) is 18.6 Å². The molecule has 7 nitrogen and oxygen atoms in total. The van der Waals surface area contributed by atoms with E-state index >= 15 is 0 Å². The van der Waals surface area contributed by atoms with Gasteiger partial charge in [0.25, 0.3) is 5.91 Å². The molecule has 38 heavy (non-hydrogen) atoms. The summed E-state index contributed by atoms with van der Waals surface area (Å²) in [7, 11) is 1.52. The van der Waals surface area contributed by atoms with Gasteiger partial charge in [-0.05, 0) is 60.9 Å². The molecular weight excluding hydrogens is 500 g/mol. The van der Waals surface area contributed by atoms with E-state index in [2.05, 4.69) is 4.98 Å². The third kappa shape index (κ3) is 4.66. The van der Waals surface area contributed by atoms with Gasteiger partial charge in [0.15, 0.2) is 28.2 Å². The van der Waals surface area contributed by atoms with Gasteiger partial charge in [-0.1, -0.05) is 59.9 Å². The first kappa shape index (κ1) is 25.2. The third-order valence-electron chi connectivity index (χ3n) is 6.24. The Hall–Kier alpha value is -4.43. The number of hydrogen-bond acceptors (Lipinski definition) is 7. The molecule has 1 aromatic heterocycles. The fourth-order valence-electron chi connectivity index (χ4n) is 4.45. The molecule has 1 N–H and O–H groups in total. The summed E-state index contributed by atoms with van der Waals surface area (Å²) >= 11 is 1.33. The number of methoxy groups -OCH3 is 1. The van der Waals surface area contributed by atoms with Crippen LogP contribution in [0.5, 0.6) is 11.5 Å². The second-order valence-electron chi connectivity index (χ2n) is 8.76. The van der Waals surface area contributed by atoms with Gasteiger partial charge in [-0.15, -0.1) is 0 Å². The highest BCUT2D eigenvalue weighted by atomic mass is 32.1. The number of rotatable bonds is 8. The Morgan fingerprint density at radius 2 is 1.89 bits per heavy atom. The molecule has 0 fully saturated rings. The highest BCUT2D eigenvalue weighted by molar-refractivity contribution is 7.22. The minimum atomic E-state index is -0.915. The van der Waals surface area contributed by atoms with E-state index < -0.39 is 23.5 Å². The first-order valence-electron chi connectivity index (χ1n) is 12.1.